The van der Waals surface area contributed by atoms with Gasteiger partial charge in [0.25, 0.3) is 0 Å². The van der Waals surface area contributed by atoms with E-state index in [0.717, 1.165) is 24.5 Å². The first-order valence-corrected chi connectivity index (χ1v) is 6.40. The van der Waals surface area contributed by atoms with Crippen molar-refractivity contribution < 1.29 is 9.47 Å². The van der Waals surface area contributed by atoms with Gasteiger partial charge in [0.2, 0.25) is 0 Å². The van der Waals surface area contributed by atoms with Crippen LogP contribution in [0.15, 0.2) is 18.2 Å². The summed E-state index contributed by atoms with van der Waals surface area (Å²) in [4.78, 5) is 2.09. The van der Waals surface area contributed by atoms with Crippen LogP contribution in [0.5, 0.6) is 11.5 Å². The first-order chi connectivity index (χ1) is 8.67. The molecule has 0 radical (unpaired) electrons. The van der Waals surface area contributed by atoms with Crippen LogP contribution in [-0.2, 0) is 6.42 Å². The molecule has 1 rings (SSSR count). The molecule has 0 saturated heterocycles. The molecule has 0 fully saturated rings. The molecule has 0 aliphatic rings. The minimum atomic E-state index is 0.635. The average Bonchev–Trinajstić information content (AvgIpc) is 2.32. The zero-order chi connectivity index (χ0) is 13.4. The van der Waals surface area contributed by atoms with Gasteiger partial charge in [0.15, 0.2) is 11.5 Å². The van der Waals surface area contributed by atoms with Crippen LogP contribution in [0.3, 0.4) is 0 Å². The molecule has 0 aromatic heterocycles. The van der Waals surface area contributed by atoms with Gasteiger partial charge in [-0.05, 0) is 51.7 Å². The summed E-state index contributed by atoms with van der Waals surface area (Å²) in [5, 5.41) is 0. The Bertz CT molecular complexity index is 354. The Kier molecular flexibility index (Phi) is 6.54. The molecule has 1 aromatic carbocycles. The average molecular weight is 252 g/mol. The zero-order valence-electron chi connectivity index (χ0n) is 11.6. The number of rotatable bonds is 8. The summed E-state index contributed by atoms with van der Waals surface area (Å²) in [7, 11) is 4.05. The van der Waals surface area contributed by atoms with E-state index in [1.807, 2.05) is 39.2 Å². The number of nitrogens with zero attached hydrogens (tertiary/aromatic N) is 1. The predicted molar refractivity (Wildman–Crippen MR) is 74.4 cm³/mol. The normalized spacial score (nSPS) is 10.7. The van der Waals surface area contributed by atoms with Gasteiger partial charge in [-0.1, -0.05) is 6.07 Å². The lowest BCUT2D eigenvalue weighted by atomic mass is 10.1. The van der Waals surface area contributed by atoms with Crippen molar-refractivity contribution in [3.63, 3.8) is 0 Å². The summed E-state index contributed by atoms with van der Waals surface area (Å²) in [5.74, 6) is 1.61. The van der Waals surface area contributed by atoms with E-state index in [1.165, 1.54) is 5.56 Å². The second kappa shape index (κ2) is 7.95. The zero-order valence-corrected chi connectivity index (χ0v) is 11.6. The van der Waals surface area contributed by atoms with Gasteiger partial charge in [0.05, 0.1) is 6.61 Å². The van der Waals surface area contributed by atoms with E-state index in [-0.39, 0.29) is 0 Å². The van der Waals surface area contributed by atoms with Gasteiger partial charge in [-0.2, -0.15) is 0 Å². The molecule has 0 spiro atoms. The quantitative estimate of drug-likeness (QED) is 0.762. The topological polar surface area (TPSA) is 47.7 Å². The number of hydrogen-bond acceptors (Lipinski definition) is 4. The van der Waals surface area contributed by atoms with Gasteiger partial charge in [0, 0.05) is 6.54 Å². The number of benzene rings is 1. The molecule has 1 aromatic rings. The lowest BCUT2D eigenvalue weighted by molar-refractivity contribution is 0.244. The van der Waals surface area contributed by atoms with Crippen LogP contribution in [0, 0.1) is 0 Å². The van der Waals surface area contributed by atoms with E-state index >= 15 is 0 Å². The number of ether oxygens (including phenoxy) is 2. The highest BCUT2D eigenvalue weighted by Gasteiger charge is 2.06. The molecule has 0 unspecified atom stereocenters. The van der Waals surface area contributed by atoms with Gasteiger partial charge in [-0.15, -0.1) is 0 Å². The fourth-order valence-corrected chi connectivity index (χ4v) is 1.60. The third kappa shape index (κ3) is 4.94. The van der Waals surface area contributed by atoms with Crippen molar-refractivity contribution in [3.05, 3.63) is 23.8 Å². The predicted octanol–water partition coefficient (Wildman–Crippen LogP) is 1.53. The standard InChI is InChI=1S/C14H24N2O2/c1-4-17-14-11-12(7-8-15)5-6-13(14)18-10-9-16(2)3/h5-6,11H,4,7-10,15H2,1-3H3. The van der Waals surface area contributed by atoms with E-state index in [0.29, 0.717) is 19.8 Å². The summed E-state index contributed by atoms with van der Waals surface area (Å²) in [6.07, 6.45) is 0.859. The largest absolute Gasteiger partial charge is 0.490 e. The minimum absolute atomic E-state index is 0.635. The molecular formula is C14H24N2O2. The van der Waals surface area contributed by atoms with Gasteiger partial charge in [-0.3, -0.25) is 0 Å². The van der Waals surface area contributed by atoms with Crippen molar-refractivity contribution in [1.29, 1.82) is 0 Å². The van der Waals surface area contributed by atoms with Gasteiger partial charge in [-0.25, -0.2) is 0 Å². The molecule has 0 aliphatic carbocycles. The summed E-state index contributed by atoms with van der Waals surface area (Å²) in [6.45, 7) is 4.79. The highest BCUT2D eigenvalue weighted by Crippen LogP contribution is 2.28. The molecule has 0 bridgehead atoms. The van der Waals surface area contributed by atoms with E-state index in [2.05, 4.69) is 4.90 Å². The van der Waals surface area contributed by atoms with Crippen LogP contribution in [0.2, 0.25) is 0 Å². The van der Waals surface area contributed by atoms with E-state index in [1.54, 1.807) is 0 Å². The molecule has 0 saturated carbocycles. The molecule has 102 valence electrons. The maximum absolute atomic E-state index is 5.74. The van der Waals surface area contributed by atoms with Crippen molar-refractivity contribution >= 4 is 0 Å². The second-order valence-electron chi connectivity index (χ2n) is 4.40. The summed E-state index contributed by atoms with van der Waals surface area (Å²) in [5.41, 5.74) is 6.74. The van der Waals surface area contributed by atoms with Crippen LogP contribution in [0.25, 0.3) is 0 Å². The van der Waals surface area contributed by atoms with E-state index in [4.69, 9.17) is 15.2 Å². The molecule has 0 aliphatic heterocycles. The van der Waals surface area contributed by atoms with Crippen molar-refractivity contribution in [2.75, 3.05) is 40.4 Å². The second-order valence-corrected chi connectivity index (χ2v) is 4.40. The molecule has 18 heavy (non-hydrogen) atoms. The van der Waals surface area contributed by atoms with Crippen LogP contribution < -0.4 is 15.2 Å². The minimum Gasteiger partial charge on any atom is -0.490 e. The third-order valence-electron chi connectivity index (χ3n) is 2.54. The van der Waals surface area contributed by atoms with Crippen LogP contribution in [0.1, 0.15) is 12.5 Å². The Balaban J connectivity index is 2.69. The van der Waals surface area contributed by atoms with E-state index in [9.17, 15) is 0 Å². The van der Waals surface area contributed by atoms with Gasteiger partial charge >= 0.3 is 0 Å². The van der Waals surface area contributed by atoms with Crippen molar-refractivity contribution in [2.45, 2.75) is 13.3 Å². The Morgan fingerprint density at radius 1 is 1.17 bits per heavy atom. The number of hydrogen-bond donors (Lipinski definition) is 1. The SMILES string of the molecule is CCOc1cc(CCN)ccc1OCCN(C)C. The fourth-order valence-electron chi connectivity index (χ4n) is 1.60. The maximum Gasteiger partial charge on any atom is 0.161 e. The van der Waals surface area contributed by atoms with Crippen LogP contribution >= 0.6 is 0 Å². The molecule has 2 N–H and O–H groups in total. The van der Waals surface area contributed by atoms with Crippen LogP contribution in [0.4, 0.5) is 0 Å². The van der Waals surface area contributed by atoms with Crippen molar-refractivity contribution in [1.82, 2.24) is 4.90 Å². The maximum atomic E-state index is 5.74. The highest BCUT2D eigenvalue weighted by atomic mass is 16.5. The molecule has 4 heteroatoms. The van der Waals surface area contributed by atoms with Crippen molar-refractivity contribution in [3.8, 4) is 11.5 Å². The Hall–Kier alpha value is -1.26. The van der Waals surface area contributed by atoms with E-state index < -0.39 is 0 Å². The summed E-state index contributed by atoms with van der Waals surface area (Å²) in [6, 6.07) is 6.02. The lowest BCUT2D eigenvalue weighted by Gasteiger charge is -2.15. The molecule has 0 amide bonds. The Labute approximate surface area is 110 Å². The molecular weight excluding hydrogens is 228 g/mol. The Morgan fingerprint density at radius 3 is 2.56 bits per heavy atom. The monoisotopic (exact) mass is 252 g/mol. The first kappa shape index (κ1) is 14.8. The summed E-state index contributed by atoms with van der Waals surface area (Å²) < 4.78 is 11.3. The molecule has 0 heterocycles. The Morgan fingerprint density at radius 2 is 1.94 bits per heavy atom. The van der Waals surface area contributed by atoms with Crippen LogP contribution in [-0.4, -0.2) is 45.3 Å². The third-order valence-corrected chi connectivity index (χ3v) is 2.54. The van der Waals surface area contributed by atoms with Crippen molar-refractivity contribution in [2.24, 2.45) is 5.73 Å². The van der Waals surface area contributed by atoms with Gasteiger partial charge in [0.1, 0.15) is 6.61 Å². The summed E-state index contributed by atoms with van der Waals surface area (Å²) >= 11 is 0. The van der Waals surface area contributed by atoms with Gasteiger partial charge < -0.3 is 20.1 Å². The highest BCUT2D eigenvalue weighted by molar-refractivity contribution is 5.43. The smallest absolute Gasteiger partial charge is 0.161 e. The molecule has 4 nitrogen and oxygen atoms in total. The first-order valence-electron chi connectivity index (χ1n) is 6.40. The fraction of sp³-hybridized carbons (Fsp3) is 0.571. The number of nitrogens with two attached hydrogens (primary N) is 1. The lowest BCUT2D eigenvalue weighted by Crippen LogP contribution is -2.19. The number of likely N-dealkylation sites (N-methyl/N-ethyl adjacent to an activating group) is 1. The molecule has 0 atom stereocenters.